The van der Waals surface area contributed by atoms with Crippen LogP contribution in [-0.4, -0.2) is 53.2 Å². The fourth-order valence-electron chi connectivity index (χ4n) is 3.98. The zero-order chi connectivity index (χ0) is 22.1. The lowest BCUT2D eigenvalue weighted by Crippen LogP contribution is -2.41. The maximum absolute atomic E-state index is 13.0. The molecule has 1 atom stereocenters. The van der Waals surface area contributed by atoms with Gasteiger partial charge in [0, 0.05) is 19.6 Å². The average Bonchev–Trinajstić information content (AvgIpc) is 3.15. The molecule has 164 valence electrons. The second-order valence-electron chi connectivity index (χ2n) is 8.65. The molecule has 1 saturated heterocycles. The maximum atomic E-state index is 13.0. The Kier molecular flexibility index (Phi) is 6.15. The summed E-state index contributed by atoms with van der Waals surface area (Å²) in [5.74, 6) is -1.78. The van der Waals surface area contributed by atoms with Crippen molar-refractivity contribution in [2.75, 3.05) is 19.6 Å². The van der Waals surface area contributed by atoms with Crippen LogP contribution in [0.1, 0.15) is 57.2 Å². The van der Waals surface area contributed by atoms with Crippen molar-refractivity contribution in [1.29, 1.82) is 0 Å². The Bertz CT molecular complexity index is 843. The first-order valence-corrected chi connectivity index (χ1v) is 10.1. The van der Waals surface area contributed by atoms with Crippen molar-refractivity contribution >= 4 is 17.6 Å². The number of carbonyl (C=O) groups excluding carboxylic acids is 2. The highest BCUT2D eigenvalue weighted by Crippen LogP contribution is 2.39. The molecule has 2 aliphatic rings. The molecule has 1 fully saturated rings. The molecule has 0 unspecified atom stereocenters. The van der Waals surface area contributed by atoms with Crippen molar-refractivity contribution in [1.82, 2.24) is 9.80 Å². The highest BCUT2D eigenvalue weighted by Gasteiger charge is 2.46. The molecule has 30 heavy (non-hydrogen) atoms. The standard InChI is InChI=1S/C22H27F3N2O3/c1-21(2,3)30-20(29)26-13-10-15(11-14-26)16-7-4-5-8-17(16)18-9-6-12-27(18)19(28)22(23,24)25/h4-5,7-8,10,18H,6,9,11-14H2,1-3H3/t18-/m1/s1. The van der Waals surface area contributed by atoms with Crippen LogP contribution in [0.4, 0.5) is 18.0 Å². The van der Waals surface area contributed by atoms with Gasteiger partial charge in [0.05, 0.1) is 6.04 Å². The number of likely N-dealkylation sites (tertiary alicyclic amines) is 1. The van der Waals surface area contributed by atoms with Crippen LogP contribution in [0.2, 0.25) is 0 Å². The summed E-state index contributed by atoms with van der Waals surface area (Å²) in [4.78, 5) is 26.7. The van der Waals surface area contributed by atoms with Gasteiger partial charge in [0.25, 0.3) is 0 Å². The minimum absolute atomic E-state index is 0.100. The molecule has 0 N–H and O–H groups in total. The number of alkyl halides is 3. The molecule has 5 nitrogen and oxygen atoms in total. The second-order valence-corrected chi connectivity index (χ2v) is 8.65. The van der Waals surface area contributed by atoms with Crippen LogP contribution in [0.25, 0.3) is 5.57 Å². The van der Waals surface area contributed by atoms with Gasteiger partial charge in [0.2, 0.25) is 0 Å². The Labute approximate surface area is 174 Å². The molecule has 1 aromatic carbocycles. The van der Waals surface area contributed by atoms with Crippen molar-refractivity contribution < 1.29 is 27.5 Å². The third-order valence-corrected chi connectivity index (χ3v) is 5.28. The van der Waals surface area contributed by atoms with Crippen LogP contribution in [-0.2, 0) is 9.53 Å². The minimum atomic E-state index is -4.88. The Morgan fingerprint density at radius 1 is 1.10 bits per heavy atom. The number of halogens is 3. The highest BCUT2D eigenvalue weighted by atomic mass is 19.4. The normalized spacial score (nSPS) is 20.2. The van der Waals surface area contributed by atoms with Crippen LogP contribution in [0.3, 0.4) is 0 Å². The zero-order valence-corrected chi connectivity index (χ0v) is 17.5. The predicted octanol–water partition coefficient (Wildman–Crippen LogP) is 4.94. The largest absolute Gasteiger partial charge is 0.471 e. The molecular formula is C22H27F3N2O3. The Morgan fingerprint density at radius 2 is 1.80 bits per heavy atom. The van der Waals surface area contributed by atoms with Crippen molar-refractivity contribution in [3.63, 3.8) is 0 Å². The van der Waals surface area contributed by atoms with E-state index in [1.807, 2.05) is 39.0 Å². The van der Waals surface area contributed by atoms with Crippen molar-refractivity contribution in [2.45, 2.75) is 57.9 Å². The Morgan fingerprint density at radius 3 is 2.40 bits per heavy atom. The molecule has 1 aromatic rings. The minimum Gasteiger partial charge on any atom is -0.444 e. The van der Waals surface area contributed by atoms with Crippen LogP contribution < -0.4 is 0 Å². The van der Waals surface area contributed by atoms with Gasteiger partial charge in [-0.2, -0.15) is 13.2 Å². The quantitative estimate of drug-likeness (QED) is 0.676. The third kappa shape index (κ3) is 4.96. The van der Waals surface area contributed by atoms with Gasteiger partial charge >= 0.3 is 18.2 Å². The van der Waals surface area contributed by atoms with Gasteiger partial charge < -0.3 is 14.5 Å². The molecule has 0 aromatic heterocycles. The molecule has 2 amide bonds. The van der Waals surface area contributed by atoms with Gasteiger partial charge in [0.15, 0.2) is 0 Å². The average molecular weight is 424 g/mol. The molecule has 8 heteroatoms. The molecular weight excluding hydrogens is 397 g/mol. The fourth-order valence-corrected chi connectivity index (χ4v) is 3.98. The van der Waals surface area contributed by atoms with Gasteiger partial charge in [-0.25, -0.2) is 4.79 Å². The molecule has 0 spiro atoms. The zero-order valence-electron chi connectivity index (χ0n) is 17.5. The molecule has 0 aliphatic carbocycles. The summed E-state index contributed by atoms with van der Waals surface area (Å²) in [6.45, 7) is 6.36. The van der Waals surface area contributed by atoms with E-state index in [-0.39, 0.29) is 12.6 Å². The lowest BCUT2D eigenvalue weighted by molar-refractivity contribution is -0.186. The monoisotopic (exact) mass is 424 g/mol. The predicted molar refractivity (Wildman–Crippen MR) is 107 cm³/mol. The molecule has 2 aliphatic heterocycles. The van der Waals surface area contributed by atoms with E-state index in [2.05, 4.69) is 0 Å². The van der Waals surface area contributed by atoms with E-state index in [4.69, 9.17) is 4.74 Å². The summed E-state index contributed by atoms with van der Waals surface area (Å²) >= 11 is 0. The van der Waals surface area contributed by atoms with E-state index in [0.29, 0.717) is 32.4 Å². The number of carbonyl (C=O) groups is 2. The fraction of sp³-hybridized carbons (Fsp3) is 0.545. The molecule has 0 radical (unpaired) electrons. The molecule has 3 rings (SSSR count). The second kappa shape index (κ2) is 8.32. The van der Waals surface area contributed by atoms with Crippen LogP contribution >= 0.6 is 0 Å². The third-order valence-electron chi connectivity index (χ3n) is 5.28. The number of benzene rings is 1. The smallest absolute Gasteiger partial charge is 0.444 e. The van der Waals surface area contributed by atoms with E-state index >= 15 is 0 Å². The first-order valence-electron chi connectivity index (χ1n) is 10.1. The number of hydrogen-bond acceptors (Lipinski definition) is 3. The van der Waals surface area contributed by atoms with E-state index < -0.39 is 23.7 Å². The topological polar surface area (TPSA) is 49.9 Å². The highest BCUT2D eigenvalue weighted by molar-refractivity contribution is 5.83. The lowest BCUT2D eigenvalue weighted by atomic mass is 9.90. The van der Waals surface area contributed by atoms with Crippen molar-refractivity contribution in [2.24, 2.45) is 0 Å². The van der Waals surface area contributed by atoms with E-state index in [1.54, 1.807) is 17.0 Å². The first-order chi connectivity index (χ1) is 14.0. The Hall–Kier alpha value is -2.51. The SMILES string of the molecule is CC(C)(C)OC(=O)N1CC=C(c2ccccc2[C@H]2CCCN2C(=O)C(F)(F)F)CC1. The summed E-state index contributed by atoms with van der Waals surface area (Å²) < 4.78 is 44.5. The van der Waals surface area contributed by atoms with E-state index in [0.717, 1.165) is 21.6 Å². The van der Waals surface area contributed by atoms with Crippen LogP contribution in [0.15, 0.2) is 30.3 Å². The number of amides is 2. The summed E-state index contributed by atoms with van der Waals surface area (Å²) in [6, 6.07) is 6.69. The summed E-state index contributed by atoms with van der Waals surface area (Å²) in [6.07, 6.45) is -1.76. The van der Waals surface area contributed by atoms with Gasteiger partial charge in [0.1, 0.15) is 5.60 Å². The van der Waals surface area contributed by atoms with Gasteiger partial charge in [-0.05, 0) is 56.7 Å². The van der Waals surface area contributed by atoms with Gasteiger partial charge in [-0.1, -0.05) is 30.3 Å². The molecule has 0 bridgehead atoms. The van der Waals surface area contributed by atoms with Crippen molar-refractivity contribution in [3.8, 4) is 0 Å². The number of nitrogens with zero attached hydrogens (tertiary/aromatic N) is 2. The van der Waals surface area contributed by atoms with Gasteiger partial charge in [-0.3, -0.25) is 4.79 Å². The first kappa shape index (κ1) is 22.2. The number of hydrogen-bond donors (Lipinski definition) is 0. The molecule has 2 heterocycles. The number of ether oxygens (including phenoxy) is 1. The van der Waals surface area contributed by atoms with E-state index in [9.17, 15) is 22.8 Å². The lowest BCUT2D eigenvalue weighted by Gasteiger charge is -2.31. The maximum Gasteiger partial charge on any atom is 0.471 e. The Balaban J connectivity index is 1.81. The summed E-state index contributed by atoms with van der Waals surface area (Å²) in [5.41, 5.74) is 1.96. The van der Waals surface area contributed by atoms with Crippen LogP contribution in [0, 0.1) is 0 Å². The summed E-state index contributed by atoms with van der Waals surface area (Å²) in [5, 5.41) is 0. The number of rotatable bonds is 2. The van der Waals surface area contributed by atoms with Crippen LogP contribution in [0.5, 0.6) is 0 Å². The summed E-state index contributed by atoms with van der Waals surface area (Å²) in [7, 11) is 0. The van der Waals surface area contributed by atoms with E-state index in [1.165, 1.54) is 0 Å². The van der Waals surface area contributed by atoms with Gasteiger partial charge in [-0.15, -0.1) is 0 Å². The van der Waals surface area contributed by atoms with Crippen molar-refractivity contribution in [3.05, 3.63) is 41.5 Å². The molecule has 0 saturated carbocycles.